The number of methoxy groups -OCH3 is 1. The van der Waals surface area contributed by atoms with Crippen LogP contribution in [0.25, 0.3) is 38.7 Å². The van der Waals surface area contributed by atoms with Gasteiger partial charge in [-0.05, 0) is 87.5 Å². The van der Waals surface area contributed by atoms with Crippen molar-refractivity contribution in [2.45, 2.75) is 33.6 Å². The number of hydrogen-bond acceptors (Lipinski definition) is 3. The average Bonchev–Trinajstić information content (AvgIpc) is 3.23. The summed E-state index contributed by atoms with van der Waals surface area (Å²) in [7, 11) is 1.76. The van der Waals surface area contributed by atoms with Gasteiger partial charge in [0, 0.05) is 12.5 Å². The van der Waals surface area contributed by atoms with Crippen LogP contribution in [0.2, 0.25) is 0 Å². The summed E-state index contributed by atoms with van der Waals surface area (Å²) in [5.41, 5.74) is 14.7. The van der Waals surface area contributed by atoms with Gasteiger partial charge in [-0.25, -0.2) is 0 Å². The van der Waals surface area contributed by atoms with Crippen LogP contribution in [0.4, 0.5) is 0 Å². The van der Waals surface area contributed by atoms with E-state index in [1.165, 1.54) is 60.5 Å². The van der Waals surface area contributed by atoms with Crippen LogP contribution in [0.15, 0.2) is 175 Å². The SMILES string of the molecule is C=N.CC.COC(=C/C=C\CN)/C(=C/Cc1ccc(-c2ccccc2)cc1)C1C=Cc2c(c3ccccc3c3ccccc23)C1.Cc1ccccc1. The van der Waals surface area contributed by atoms with Crippen molar-refractivity contribution < 1.29 is 4.74 Å². The zero-order valence-electron chi connectivity index (χ0n) is 31.1. The standard InChI is InChI=1S/C39H35NO.C7H8.C2H6.CH3N/c1-41-39(17-9-10-26-40)32(24-20-28-18-21-30(22-19-28)29-11-3-2-4-12-29)31-23-25-37-35-15-6-5-13-33(35)34-14-7-8-16-36(34)38(37)27-31;1-7-5-3-2-4-6-7;2*1-2/h2-19,21-25,31H,20,26-27,40H2,1H3;2-6H,1H3;1-2H3;2H,1H2/b10-9-,32-24+,39-17+;;;. The van der Waals surface area contributed by atoms with Crippen LogP contribution < -0.4 is 5.73 Å². The largest absolute Gasteiger partial charge is 0.496 e. The van der Waals surface area contributed by atoms with Crippen LogP contribution in [-0.2, 0) is 17.6 Å². The van der Waals surface area contributed by atoms with Gasteiger partial charge in [-0.1, -0.05) is 183 Å². The second-order valence-corrected chi connectivity index (χ2v) is 12.1. The van der Waals surface area contributed by atoms with E-state index >= 15 is 0 Å². The van der Waals surface area contributed by atoms with Crippen LogP contribution in [-0.4, -0.2) is 20.4 Å². The number of fused-ring (bicyclic) bond motifs is 6. The molecule has 0 saturated carbocycles. The summed E-state index contributed by atoms with van der Waals surface area (Å²) in [4.78, 5) is 0. The monoisotopic (exact) mass is 684 g/mol. The number of ether oxygens (including phenoxy) is 1. The van der Waals surface area contributed by atoms with E-state index in [2.05, 4.69) is 147 Å². The molecule has 264 valence electrons. The van der Waals surface area contributed by atoms with E-state index in [0.717, 1.165) is 18.6 Å². The summed E-state index contributed by atoms with van der Waals surface area (Å²) in [6.07, 6.45) is 14.7. The lowest BCUT2D eigenvalue weighted by atomic mass is 9.79. The van der Waals surface area contributed by atoms with Gasteiger partial charge in [0.2, 0.25) is 0 Å². The third-order valence-corrected chi connectivity index (χ3v) is 8.99. The van der Waals surface area contributed by atoms with Gasteiger partial charge in [-0.2, -0.15) is 0 Å². The van der Waals surface area contributed by atoms with Crippen molar-refractivity contribution in [3.8, 4) is 11.1 Å². The lowest BCUT2D eigenvalue weighted by molar-refractivity contribution is 0.294. The maximum atomic E-state index is 5.99. The molecule has 1 aliphatic carbocycles. The van der Waals surface area contributed by atoms with Crippen molar-refractivity contribution in [3.63, 3.8) is 0 Å². The first-order valence-electron chi connectivity index (χ1n) is 18.1. The molecule has 3 N–H and O–H groups in total. The summed E-state index contributed by atoms with van der Waals surface area (Å²) < 4.78 is 5.99. The molecular formula is C49H52N2O. The van der Waals surface area contributed by atoms with E-state index in [-0.39, 0.29) is 5.92 Å². The summed E-state index contributed by atoms with van der Waals surface area (Å²) in [5.74, 6) is 1.06. The van der Waals surface area contributed by atoms with Crippen molar-refractivity contribution in [1.29, 1.82) is 5.41 Å². The quantitative estimate of drug-likeness (QED) is 0.0725. The lowest BCUT2D eigenvalue weighted by Crippen LogP contribution is -2.14. The molecule has 0 bridgehead atoms. The van der Waals surface area contributed by atoms with Gasteiger partial charge < -0.3 is 15.9 Å². The summed E-state index contributed by atoms with van der Waals surface area (Å²) >= 11 is 0. The Morgan fingerprint density at radius 3 is 1.85 bits per heavy atom. The Morgan fingerprint density at radius 1 is 0.731 bits per heavy atom. The van der Waals surface area contributed by atoms with Crippen molar-refractivity contribution >= 4 is 34.3 Å². The van der Waals surface area contributed by atoms with Crippen molar-refractivity contribution in [1.82, 2.24) is 0 Å². The molecule has 3 nitrogen and oxygen atoms in total. The Kier molecular flexibility index (Phi) is 15.6. The van der Waals surface area contributed by atoms with E-state index in [1.54, 1.807) is 7.11 Å². The normalized spacial score (nSPS) is 13.6. The topological polar surface area (TPSA) is 59.1 Å². The lowest BCUT2D eigenvalue weighted by Gasteiger charge is -2.26. The highest BCUT2D eigenvalue weighted by Gasteiger charge is 2.24. The molecule has 0 fully saturated rings. The molecule has 52 heavy (non-hydrogen) atoms. The third kappa shape index (κ3) is 9.93. The summed E-state index contributed by atoms with van der Waals surface area (Å²) in [6.45, 7) is 9.08. The Labute approximate surface area is 311 Å². The fraction of sp³-hybridized carbons (Fsp3) is 0.163. The van der Waals surface area contributed by atoms with Gasteiger partial charge in [0.05, 0.1) is 7.11 Å². The first-order chi connectivity index (χ1) is 25.7. The first-order valence-corrected chi connectivity index (χ1v) is 18.1. The molecular weight excluding hydrogens is 633 g/mol. The van der Waals surface area contributed by atoms with Crippen LogP contribution in [0.1, 0.15) is 36.1 Å². The Balaban J connectivity index is 0.000000482. The zero-order valence-corrected chi connectivity index (χ0v) is 31.1. The smallest absolute Gasteiger partial charge is 0.122 e. The zero-order chi connectivity index (χ0) is 37.1. The van der Waals surface area contributed by atoms with E-state index in [9.17, 15) is 0 Å². The minimum atomic E-state index is 0.188. The molecule has 3 heteroatoms. The fourth-order valence-electron chi connectivity index (χ4n) is 6.54. The molecule has 0 radical (unpaired) electrons. The summed E-state index contributed by atoms with van der Waals surface area (Å²) in [6, 6.07) is 47.2. The minimum Gasteiger partial charge on any atom is -0.496 e. The average molecular weight is 685 g/mol. The number of aryl methyl sites for hydroxylation is 1. The fourth-order valence-corrected chi connectivity index (χ4v) is 6.54. The highest BCUT2D eigenvalue weighted by molar-refractivity contribution is 6.13. The highest BCUT2D eigenvalue weighted by atomic mass is 16.5. The number of hydrogen-bond donors (Lipinski definition) is 2. The molecule has 7 rings (SSSR count). The molecule has 0 saturated heterocycles. The Morgan fingerprint density at radius 2 is 1.27 bits per heavy atom. The number of nitrogens with one attached hydrogen (secondary N) is 1. The summed E-state index contributed by atoms with van der Waals surface area (Å²) in [5, 5.41) is 10.8. The molecule has 0 aliphatic heterocycles. The molecule has 1 aliphatic rings. The first kappa shape index (κ1) is 39.0. The Bertz CT molecular complexity index is 2110. The highest BCUT2D eigenvalue weighted by Crippen LogP contribution is 2.40. The number of rotatable bonds is 8. The van der Waals surface area contributed by atoms with Gasteiger partial charge in [0.15, 0.2) is 0 Å². The number of nitrogens with two attached hydrogens (primary N) is 1. The van der Waals surface area contributed by atoms with E-state index in [1.807, 2.05) is 50.3 Å². The van der Waals surface area contributed by atoms with Gasteiger partial charge in [0.25, 0.3) is 0 Å². The minimum absolute atomic E-state index is 0.188. The van der Waals surface area contributed by atoms with E-state index in [0.29, 0.717) is 6.54 Å². The van der Waals surface area contributed by atoms with Crippen LogP contribution >= 0.6 is 0 Å². The molecule has 6 aromatic rings. The third-order valence-electron chi connectivity index (χ3n) is 8.99. The predicted octanol–water partition coefficient (Wildman–Crippen LogP) is 12.3. The van der Waals surface area contributed by atoms with Crippen molar-refractivity contribution in [2.75, 3.05) is 13.7 Å². The van der Waals surface area contributed by atoms with Crippen LogP contribution in [0.3, 0.4) is 0 Å². The van der Waals surface area contributed by atoms with Gasteiger partial charge in [-0.3, -0.25) is 0 Å². The molecule has 0 heterocycles. The number of benzene rings is 6. The number of allylic oxidation sites excluding steroid dienone is 5. The maximum Gasteiger partial charge on any atom is 0.122 e. The van der Waals surface area contributed by atoms with Crippen LogP contribution in [0.5, 0.6) is 0 Å². The van der Waals surface area contributed by atoms with E-state index < -0.39 is 0 Å². The van der Waals surface area contributed by atoms with E-state index in [4.69, 9.17) is 15.9 Å². The molecule has 0 amide bonds. The second-order valence-electron chi connectivity index (χ2n) is 12.1. The molecule has 0 aromatic heterocycles. The maximum absolute atomic E-state index is 5.99. The van der Waals surface area contributed by atoms with Gasteiger partial charge in [-0.15, -0.1) is 0 Å². The molecule has 1 unspecified atom stereocenters. The second kappa shape index (κ2) is 20.8. The van der Waals surface area contributed by atoms with Gasteiger partial charge >= 0.3 is 0 Å². The van der Waals surface area contributed by atoms with Crippen molar-refractivity contribution in [2.24, 2.45) is 11.7 Å². The molecule has 6 aromatic carbocycles. The predicted molar refractivity (Wildman–Crippen MR) is 227 cm³/mol. The van der Waals surface area contributed by atoms with Gasteiger partial charge in [0.1, 0.15) is 5.76 Å². The van der Waals surface area contributed by atoms with Crippen molar-refractivity contribution in [3.05, 3.63) is 197 Å². The Hall–Kier alpha value is -5.77. The molecule has 1 atom stereocenters. The van der Waals surface area contributed by atoms with Crippen LogP contribution in [0, 0.1) is 18.3 Å². The molecule has 0 spiro atoms.